The van der Waals surface area contributed by atoms with Crippen molar-refractivity contribution in [1.82, 2.24) is 0 Å². The molecule has 7 heteroatoms. The van der Waals surface area contributed by atoms with E-state index in [4.69, 9.17) is 5.73 Å². The van der Waals surface area contributed by atoms with Crippen molar-refractivity contribution in [2.24, 2.45) is 5.92 Å². The summed E-state index contributed by atoms with van der Waals surface area (Å²) in [7, 11) is -3.45. The van der Waals surface area contributed by atoms with Gasteiger partial charge in [-0.05, 0) is 12.8 Å². The molecule has 0 bridgehead atoms. The number of anilines is 2. The van der Waals surface area contributed by atoms with Crippen LogP contribution in [-0.4, -0.2) is 33.5 Å². The number of carbonyl (C=O) groups excluding carboxylic acids is 1. The highest BCUT2D eigenvalue weighted by atomic mass is 32.2. The summed E-state index contributed by atoms with van der Waals surface area (Å²) >= 11 is 1.22. The first-order chi connectivity index (χ1) is 9.23. The van der Waals surface area contributed by atoms with Crippen molar-refractivity contribution < 1.29 is 13.2 Å². The Balaban J connectivity index is 2.61. The fourth-order valence-electron chi connectivity index (χ4n) is 2.35. The molecule has 1 aliphatic rings. The molecular formula is C13H20N2O3S2. The SMILES string of the molecule is CC(C)C(=O)c1sc(N2CCCC2)c(S(C)(=O)=O)c1N. The second-order valence-electron chi connectivity index (χ2n) is 5.46. The van der Waals surface area contributed by atoms with Gasteiger partial charge in [-0.15, -0.1) is 11.3 Å². The summed E-state index contributed by atoms with van der Waals surface area (Å²) in [4.78, 5) is 14.7. The van der Waals surface area contributed by atoms with E-state index >= 15 is 0 Å². The van der Waals surface area contributed by atoms with Gasteiger partial charge in [-0.2, -0.15) is 0 Å². The fraction of sp³-hybridized carbons (Fsp3) is 0.615. The Morgan fingerprint density at radius 2 is 1.85 bits per heavy atom. The third kappa shape index (κ3) is 2.69. The van der Waals surface area contributed by atoms with Crippen molar-refractivity contribution in [2.75, 3.05) is 30.0 Å². The predicted octanol–water partition coefficient (Wildman–Crippen LogP) is 2.17. The first-order valence-electron chi connectivity index (χ1n) is 6.65. The molecular weight excluding hydrogens is 296 g/mol. The zero-order valence-corrected chi connectivity index (χ0v) is 13.6. The van der Waals surface area contributed by atoms with Gasteiger partial charge in [0.15, 0.2) is 15.6 Å². The number of nitrogen functional groups attached to an aromatic ring is 1. The van der Waals surface area contributed by atoms with Crippen LogP contribution in [-0.2, 0) is 9.84 Å². The number of nitrogens with two attached hydrogens (primary N) is 1. The van der Waals surface area contributed by atoms with Crippen LogP contribution in [0, 0.1) is 5.92 Å². The lowest BCUT2D eigenvalue weighted by Gasteiger charge is -2.16. The molecule has 0 amide bonds. The van der Waals surface area contributed by atoms with E-state index in [9.17, 15) is 13.2 Å². The summed E-state index contributed by atoms with van der Waals surface area (Å²) < 4.78 is 24.1. The Hall–Kier alpha value is -1.08. The number of Topliss-reactive ketones (excluding diaryl/α,β-unsaturated/α-hetero) is 1. The van der Waals surface area contributed by atoms with E-state index in [2.05, 4.69) is 0 Å². The van der Waals surface area contributed by atoms with E-state index < -0.39 is 9.84 Å². The highest BCUT2D eigenvalue weighted by Gasteiger charge is 2.31. The van der Waals surface area contributed by atoms with Gasteiger partial charge in [0.05, 0.1) is 10.6 Å². The normalized spacial score (nSPS) is 16.1. The topological polar surface area (TPSA) is 80.5 Å². The first kappa shape index (κ1) is 15.3. The molecule has 1 fully saturated rings. The Labute approximate surface area is 123 Å². The summed E-state index contributed by atoms with van der Waals surface area (Å²) in [6.45, 7) is 5.21. The number of sulfone groups is 1. The molecule has 5 nitrogen and oxygen atoms in total. The maximum absolute atomic E-state index is 12.2. The molecule has 112 valence electrons. The number of rotatable bonds is 4. The fourth-order valence-corrected chi connectivity index (χ4v) is 5.20. The second-order valence-corrected chi connectivity index (χ2v) is 8.42. The van der Waals surface area contributed by atoms with Crippen LogP contribution in [0.2, 0.25) is 0 Å². The minimum atomic E-state index is -3.45. The molecule has 0 radical (unpaired) electrons. The maximum atomic E-state index is 12.2. The molecule has 0 unspecified atom stereocenters. The molecule has 0 aromatic carbocycles. The highest BCUT2D eigenvalue weighted by molar-refractivity contribution is 7.91. The lowest BCUT2D eigenvalue weighted by Crippen LogP contribution is -2.18. The van der Waals surface area contributed by atoms with E-state index in [1.54, 1.807) is 13.8 Å². The number of carbonyl (C=O) groups is 1. The number of hydrogen-bond donors (Lipinski definition) is 1. The summed E-state index contributed by atoms with van der Waals surface area (Å²) in [6.07, 6.45) is 3.22. The molecule has 1 aromatic rings. The van der Waals surface area contributed by atoms with Crippen LogP contribution < -0.4 is 10.6 Å². The molecule has 2 rings (SSSR count). The van der Waals surface area contributed by atoms with Crippen LogP contribution in [0.4, 0.5) is 10.7 Å². The molecule has 2 N–H and O–H groups in total. The van der Waals surface area contributed by atoms with Gasteiger partial charge in [0, 0.05) is 25.3 Å². The van der Waals surface area contributed by atoms with Crippen molar-refractivity contribution in [2.45, 2.75) is 31.6 Å². The van der Waals surface area contributed by atoms with Gasteiger partial charge in [0.25, 0.3) is 0 Å². The van der Waals surface area contributed by atoms with Crippen LogP contribution in [0.1, 0.15) is 36.4 Å². The molecule has 0 saturated carbocycles. The average Bonchev–Trinajstić information content (AvgIpc) is 2.93. The van der Waals surface area contributed by atoms with Crippen LogP contribution in [0.25, 0.3) is 0 Å². The van der Waals surface area contributed by atoms with Gasteiger partial charge in [0.2, 0.25) is 0 Å². The third-order valence-electron chi connectivity index (χ3n) is 3.39. The van der Waals surface area contributed by atoms with Crippen molar-refractivity contribution in [3.05, 3.63) is 4.88 Å². The number of nitrogens with zero attached hydrogens (tertiary/aromatic N) is 1. The number of ketones is 1. The summed E-state index contributed by atoms with van der Waals surface area (Å²) in [6, 6.07) is 0. The van der Waals surface area contributed by atoms with E-state index in [1.165, 1.54) is 11.3 Å². The minimum absolute atomic E-state index is 0.0946. The Kier molecular flexibility index (Phi) is 4.11. The van der Waals surface area contributed by atoms with E-state index in [1.807, 2.05) is 4.90 Å². The molecule has 1 aliphatic heterocycles. The van der Waals surface area contributed by atoms with Gasteiger partial charge in [-0.3, -0.25) is 4.79 Å². The van der Waals surface area contributed by atoms with Gasteiger partial charge in [-0.25, -0.2) is 8.42 Å². The third-order valence-corrected chi connectivity index (χ3v) is 5.96. The van der Waals surface area contributed by atoms with Crippen LogP contribution in [0.5, 0.6) is 0 Å². The Morgan fingerprint density at radius 3 is 2.30 bits per heavy atom. The lowest BCUT2D eigenvalue weighted by atomic mass is 10.1. The Morgan fingerprint density at radius 1 is 1.30 bits per heavy atom. The van der Waals surface area contributed by atoms with E-state index in [-0.39, 0.29) is 22.3 Å². The van der Waals surface area contributed by atoms with E-state index in [0.29, 0.717) is 9.88 Å². The molecule has 1 aromatic heterocycles. The van der Waals surface area contributed by atoms with Crippen molar-refractivity contribution in [3.8, 4) is 0 Å². The standard InChI is InChI=1S/C13H20N2O3S2/c1-8(2)10(16)11-9(14)12(20(3,17)18)13(19-11)15-6-4-5-7-15/h8H,4-7,14H2,1-3H3. The average molecular weight is 316 g/mol. The number of thiophene rings is 1. The van der Waals surface area contributed by atoms with Gasteiger partial charge < -0.3 is 10.6 Å². The molecule has 0 spiro atoms. The monoisotopic (exact) mass is 316 g/mol. The zero-order valence-electron chi connectivity index (χ0n) is 12.0. The molecule has 20 heavy (non-hydrogen) atoms. The molecule has 0 atom stereocenters. The van der Waals surface area contributed by atoms with Crippen molar-refractivity contribution in [3.63, 3.8) is 0 Å². The quantitative estimate of drug-likeness (QED) is 0.861. The lowest BCUT2D eigenvalue weighted by molar-refractivity contribution is 0.0944. The highest BCUT2D eigenvalue weighted by Crippen LogP contribution is 2.43. The van der Waals surface area contributed by atoms with Crippen LogP contribution in [0.15, 0.2) is 4.90 Å². The molecule has 0 aliphatic carbocycles. The smallest absolute Gasteiger partial charge is 0.180 e. The van der Waals surface area contributed by atoms with Crippen LogP contribution in [0.3, 0.4) is 0 Å². The van der Waals surface area contributed by atoms with Crippen molar-refractivity contribution >= 4 is 37.6 Å². The van der Waals surface area contributed by atoms with E-state index in [0.717, 1.165) is 32.2 Å². The van der Waals surface area contributed by atoms with Gasteiger partial charge >= 0.3 is 0 Å². The minimum Gasteiger partial charge on any atom is -0.396 e. The zero-order chi connectivity index (χ0) is 15.1. The van der Waals surface area contributed by atoms with Gasteiger partial charge in [0.1, 0.15) is 9.90 Å². The summed E-state index contributed by atoms with van der Waals surface area (Å²) in [5.41, 5.74) is 6.10. The predicted molar refractivity (Wildman–Crippen MR) is 82.5 cm³/mol. The Bertz CT molecular complexity index is 626. The molecule has 1 saturated heterocycles. The summed E-state index contributed by atoms with van der Waals surface area (Å²) in [5, 5.41) is 0.631. The van der Waals surface area contributed by atoms with Crippen LogP contribution >= 0.6 is 11.3 Å². The summed E-state index contributed by atoms with van der Waals surface area (Å²) in [5.74, 6) is -0.294. The second kappa shape index (κ2) is 5.37. The molecule has 2 heterocycles. The van der Waals surface area contributed by atoms with Gasteiger partial charge in [-0.1, -0.05) is 13.8 Å². The van der Waals surface area contributed by atoms with Crippen molar-refractivity contribution in [1.29, 1.82) is 0 Å². The number of hydrogen-bond acceptors (Lipinski definition) is 6. The largest absolute Gasteiger partial charge is 0.396 e. The first-order valence-corrected chi connectivity index (χ1v) is 9.35. The maximum Gasteiger partial charge on any atom is 0.180 e.